The van der Waals surface area contributed by atoms with E-state index in [0.717, 1.165) is 44.8 Å². The van der Waals surface area contributed by atoms with E-state index in [1.807, 2.05) is 47.2 Å². The van der Waals surface area contributed by atoms with Crippen LogP contribution in [0.1, 0.15) is 0 Å². The summed E-state index contributed by atoms with van der Waals surface area (Å²) in [5.74, 6) is 0.837. The first-order valence-corrected chi connectivity index (χ1v) is 10.3. The van der Waals surface area contributed by atoms with Gasteiger partial charge in [0.15, 0.2) is 5.65 Å². The second kappa shape index (κ2) is 8.59. The number of aromatic amines is 1. The summed E-state index contributed by atoms with van der Waals surface area (Å²) in [6.45, 7) is 1.43. The number of nitrogens with zero attached hydrogens (tertiary/aromatic N) is 3. The summed E-state index contributed by atoms with van der Waals surface area (Å²) in [6.07, 6.45) is 3.81. The van der Waals surface area contributed by atoms with E-state index in [0.29, 0.717) is 19.8 Å². The Labute approximate surface area is 179 Å². The lowest BCUT2D eigenvalue weighted by atomic mass is 10.0. The molecule has 31 heavy (non-hydrogen) atoms. The Morgan fingerprint density at radius 2 is 1.90 bits per heavy atom. The van der Waals surface area contributed by atoms with Crippen molar-refractivity contribution in [2.24, 2.45) is 0 Å². The molecule has 156 valence electrons. The molecule has 5 aromatic rings. The molecule has 0 aliphatic carbocycles. The molecule has 3 N–H and O–H groups in total. The molecular weight excluding hydrogens is 390 g/mol. The van der Waals surface area contributed by atoms with E-state index in [-0.39, 0.29) is 6.61 Å². The average molecular weight is 413 g/mol. The molecule has 0 fully saturated rings. The van der Waals surface area contributed by atoms with Crippen molar-refractivity contribution in [2.45, 2.75) is 0 Å². The maximum atomic E-state index is 8.89. The third-order valence-corrected chi connectivity index (χ3v) is 5.21. The van der Waals surface area contributed by atoms with Gasteiger partial charge in [0.05, 0.1) is 31.7 Å². The van der Waals surface area contributed by atoms with Gasteiger partial charge in [-0.2, -0.15) is 9.61 Å². The minimum absolute atomic E-state index is 0.0187. The summed E-state index contributed by atoms with van der Waals surface area (Å²) in [5.41, 5.74) is 5.84. The van der Waals surface area contributed by atoms with Crippen molar-refractivity contribution in [3.63, 3.8) is 0 Å². The van der Waals surface area contributed by atoms with E-state index in [1.165, 1.54) is 0 Å². The average Bonchev–Trinajstić information content (AvgIpc) is 3.46. The highest BCUT2D eigenvalue weighted by Crippen LogP contribution is 2.33. The summed E-state index contributed by atoms with van der Waals surface area (Å²) >= 11 is 0. The molecule has 0 amide bonds. The van der Waals surface area contributed by atoms with Gasteiger partial charge in [0, 0.05) is 40.8 Å². The van der Waals surface area contributed by atoms with Crippen LogP contribution >= 0.6 is 0 Å². The molecule has 7 heteroatoms. The van der Waals surface area contributed by atoms with Crippen molar-refractivity contribution in [1.82, 2.24) is 19.6 Å². The molecule has 7 nitrogen and oxygen atoms in total. The topological polar surface area (TPSA) is 87.5 Å². The minimum atomic E-state index is 0.0187. The van der Waals surface area contributed by atoms with Gasteiger partial charge in [-0.3, -0.25) is 0 Å². The van der Waals surface area contributed by atoms with E-state index in [4.69, 9.17) is 14.8 Å². The first kappa shape index (κ1) is 19.3. The van der Waals surface area contributed by atoms with Gasteiger partial charge in [-0.05, 0) is 17.7 Å². The standard InChI is InChI=1S/C24H23N5O2/c30-12-14-31-13-11-26-23-15-22(17-5-2-1-3-6-17)28-24-20(16-27-29(23)24)18-7-4-8-21-19(18)9-10-25-21/h1-10,15-16,25-26,30H,11-14H2. The van der Waals surface area contributed by atoms with E-state index >= 15 is 0 Å². The highest BCUT2D eigenvalue weighted by molar-refractivity contribution is 5.98. The lowest BCUT2D eigenvalue weighted by molar-refractivity contribution is 0.0991. The molecule has 3 aromatic heterocycles. The van der Waals surface area contributed by atoms with Crippen molar-refractivity contribution in [3.8, 4) is 22.4 Å². The molecule has 0 bridgehead atoms. The quantitative estimate of drug-likeness (QED) is 0.335. The highest BCUT2D eigenvalue weighted by atomic mass is 16.5. The number of aliphatic hydroxyl groups excluding tert-OH is 1. The number of ether oxygens (including phenoxy) is 1. The summed E-state index contributed by atoms with van der Waals surface area (Å²) < 4.78 is 7.22. The second-order valence-corrected chi connectivity index (χ2v) is 7.19. The van der Waals surface area contributed by atoms with Gasteiger partial charge in [0.25, 0.3) is 0 Å². The number of nitrogens with one attached hydrogen (secondary N) is 2. The number of fused-ring (bicyclic) bond motifs is 2. The fraction of sp³-hybridized carbons (Fsp3) is 0.167. The summed E-state index contributed by atoms with van der Waals surface area (Å²) in [4.78, 5) is 8.25. The van der Waals surface area contributed by atoms with Crippen LogP contribution in [0.25, 0.3) is 38.9 Å². The lowest BCUT2D eigenvalue weighted by Gasteiger charge is -2.12. The van der Waals surface area contributed by atoms with Crippen LogP contribution in [0.3, 0.4) is 0 Å². The van der Waals surface area contributed by atoms with Crippen LogP contribution in [-0.4, -0.2) is 51.1 Å². The van der Waals surface area contributed by atoms with Crippen LogP contribution in [0.15, 0.2) is 73.1 Å². The maximum Gasteiger partial charge on any atom is 0.165 e. The molecule has 0 aliphatic rings. The molecule has 0 unspecified atom stereocenters. The molecule has 0 radical (unpaired) electrons. The van der Waals surface area contributed by atoms with Gasteiger partial charge in [0.2, 0.25) is 0 Å². The predicted octanol–water partition coefficient (Wildman–Crippen LogP) is 3.97. The van der Waals surface area contributed by atoms with Crippen LogP contribution in [-0.2, 0) is 4.74 Å². The Kier molecular flexibility index (Phi) is 5.35. The number of aromatic nitrogens is 4. The molecule has 3 heterocycles. The Bertz CT molecular complexity index is 1310. The van der Waals surface area contributed by atoms with Gasteiger partial charge in [-0.25, -0.2) is 4.98 Å². The maximum absolute atomic E-state index is 8.89. The van der Waals surface area contributed by atoms with Crippen LogP contribution in [0.4, 0.5) is 5.82 Å². The Morgan fingerprint density at radius 3 is 2.77 bits per heavy atom. The molecule has 0 aliphatic heterocycles. The summed E-state index contributed by atoms with van der Waals surface area (Å²) in [5, 5.41) is 18.1. The molecule has 5 rings (SSSR count). The molecular formula is C24H23N5O2. The van der Waals surface area contributed by atoms with Crippen molar-refractivity contribution < 1.29 is 9.84 Å². The van der Waals surface area contributed by atoms with E-state index < -0.39 is 0 Å². The lowest BCUT2D eigenvalue weighted by Crippen LogP contribution is -2.14. The number of hydrogen-bond acceptors (Lipinski definition) is 5. The molecule has 0 spiro atoms. The minimum Gasteiger partial charge on any atom is -0.394 e. The molecule has 2 aromatic carbocycles. The number of rotatable bonds is 8. The number of benzene rings is 2. The third-order valence-electron chi connectivity index (χ3n) is 5.21. The van der Waals surface area contributed by atoms with E-state index in [1.54, 1.807) is 0 Å². The predicted molar refractivity (Wildman–Crippen MR) is 122 cm³/mol. The Balaban J connectivity index is 1.62. The Hall–Kier alpha value is -3.68. The third kappa shape index (κ3) is 3.76. The van der Waals surface area contributed by atoms with Crippen molar-refractivity contribution >= 4 is 22.4 Å². The SMILES string of the molecule is OCCOCCNc1cc(-c2ccccc2)nc2c(-c3cccc4[nH]ccc34)cnn12. The van der Waals surface area contributed by atoms with Crippen LogP contribution in [0.2, 0.25) is 0 Å². The van der Waals surface area contributed by atoms with Gasteiger partial charge in [-0.1, -0.05) is 42.5 Å². The van der Waals surface area contributed by atoms with Crippen molar-refractivity contribution in [2.75, 3.05) is 31.7 Å². The second-order valence-electron chi connectivity index (χ2n) is 7.19. The fourth-order valence-corrected chi connectivity index (χ4v) is 3.77. The molecule has 0 saturated carbocycles. The largest absolute Gasteiger partial charge is 0.394 e. The Morgan fingerprint density at radius 1 is 1.00 bits per heavy atom. The molecule has 0 saturated heterocycles. The van der Waals surface area contributed by atoms with Crippen LogP contribution in [0.5, 0.6) is 0 Å². The monoisotopic (exact) mass is 413 g/mol. The van der Waals surface area contributed by atoms with Crippen LogP contribution in [0, 0.1) is 0 Å². The van der Waals surface area contributed by atoms with E-state index in [2.05, 4.69) is 45.7 Å². The van der Waals surface area contributed by atoms with E-state index in [9.17, 15) is 0 Å². The first-order chi connectivity index (χ1) is 15.3. The van der Waals surface area contributed by atoms with Crippen LogP contribution < -0.4 is 5.32 Å². The van der Waals surface area contributed by atoms with Gasteiger partial charge >= 0.3 is 0 Å². The number of aliphatic hydroxyl groups is 1. The fourth-order valence-electron chi connectivity index (χ4n) is 3.77. The summed E-state index contributed by atoms with van der Waals surface area (Å²) in [7, 11) is 0. The normalized spacial score (nSPS) is 11.4. The molecule has 0 atom stereocenters. The van der Waals surface area contributed by atoms with Crippen molar-refractivity contribution in [3.05, 3.63) is 73.1 Å². The van der Waals surface area contributed by atoms with Gasteiger partial charge in [-0.15, -0.1) is 0 Å². The zero-order valence-corrected chi connectivity index (χ0v) is 17.0. The first-order valence-electron chi connectivity index (χ1n) is 10.3. The highest BCUT2D eigenvalue weighted by Gasteiger charge is 2.16. The number of hydrogen-bond donors (Lipinski definition) is 3. The zero-order chi connectivity index (χ0) is 21.0. The summed E-state index contributed by atoms with van der Waals surface area (Å²) in [6, 6.07) is 20.4. The van der Waals surface area contributed by atoms with Gasteiger partial charge in [0.1, 0.15) is 5.82 Å². The number of anilines is 1. The van der Waals surface area contributed by atoms with Crippen molar-refractivity contribution in [1.29, 1.82) is 0 Å². The van der Waals surface area contributed by atoms with Gasteiger partial charge < -0.3 is 20.1 Å². The zero-order valence-electron chi connectivity index (χ0n) is 17.0. The smallest absolute Gasteiger partial charge is 0.165 e. The number of H-pyrrole nitrogens is 1.